The fraction of sp³-hybridized carbons (Fsp3) is 0.435. The largest absolute Gasteiger partial charge is 0.336 e. The number of nitrogens with one attached hydrogen (secondary N) is 1. The van der Waals surface area contributed by atoms with Crippen LogP contribution in [-0.2, 0) is 0 Å². The molecule has 7 heteroatoms. The van der Waals surface area contributed by atoms with Gasteiger partial charge in [0.15, 0.2) is 0 Å². The summed E-state index contributed by atoms with van der Waals surface area (Å²) in [5.74, 6) is 0.0470. The van der Waals surface area contributed by atoms with Crippen molar-refractivity contribution in [2.45, 2.75) is 46.1 Å². The number of fused-ring (bicyclic) bond motifs is 1. The lowest BCUT2D eigenvalue weighted by Crippen LogP contribution is -2.46. The van der Waals surface area contributed by atoms with E-state index in [1.165, 1.54) is 5.56 Å². The minimum absolute atomic E-state index is 0. The Hall–Kier alpha value is -2.44. The Morgan fingerprint density at radius 1 is 1.20 bits per heavy atom. The van der Waals surface area contributed by atoms with Gasteiger partial charge in [0.05, 0.1) is 22.3 Å². The minimum atomic E-state index is 0. The van der Waals surface area contributed by atoms with Crippen molar-refractivity contribution in [3.05, 3.63) is 47.2 Å². The number of carbonyl (C=O) groups is 1. The van der Waals surface area contributed by atoms with Crippen LogP contribution in [0.25, 0.3) is 22.4 Å². The molecule has 6 nitrogen and oxygen atoms in total. The molecule has 0 spiro atoms. The van der Waals surface area contributed by atoms with E-state index in [-0.39, 0.29) is 24.4 Å². The van der Waals surface area contributed by atoms with Crippen LogP contribution in [0.15, 0.2) is 34.9 Å². The van der Waals surface area contributed by atoms with Crippen LogP contribution >= 0.6 is 12.4 Å². The summed E-state index contributed by atoms with van der Waals surface area (Å²) >= 11 is 0. The average Bonchev–Trinajstić information content (AvgIpc) is 3.13. The Bertz CT molecular complexity index is 1010. The first-order valence-corrected chi connectivity index (χ1v) is 10.4. The van der Waals surface area contributed by atoms with Crippen LogP contribution in [0.4, 0.5) is 0 Å². The molecule has 1 N–H and O–H groups in total. The first-order valence-electron chi connectivity index (χ1n) is 10.4. The quantitative estimate of drug-likeness (QED) is 0.646. The van der Waals surface area contributed by atoms with Gasteiger partial charge in [-0.3, -0.25) is 4.79 Å². The summed E-state index contributed by atoms with van der Waals surface area (Å²) in [5.41, 5.74) is 4.64. The molecule has 3 heterocycles. The number of halogens is 1. The van der Waals surface area contributed by atoms with Crippen LogP contribution < -0.4 is 5.32 Å². The van der Waals surface area contributed by atoms with Gasteiger partial charge in [-0.15, -0.1) is 12.4 Å². The third-order valence-electron chi connectivity index (χ3n) is 5.67. The Kier molecular flexibility index (Phi) is 7.10. The molecule has 1 aliphatic heterocycles. The third-order valence-corrected chi connectivity index (χ3v) is 5.67. The van der Waals surface area contributed by atoms with Crippen molar-refractivity contribution >= 4 is 29.4 Å². The van der Waals surface area contributed by atoms with E-state index in [1.54, 1.807) is 0 Å². The summed E-state index contributed by atoms with van der Waals surface area (Å²) in [5, 5.41) is 8.20. The van der Waals surface area contributed by atoms with Crippen LogP contribution in [0.1, 0.15) is 47.8 Å². The normalized spacial score (nSPS) is 14.5. The summed E-state index contributed by atoms with van der Waals surface area (Å²) < 4.78 is 5.47. The van der Waals surface area contributed by atoms with Gasteiger partial charge in [-0.25, -0.2) is 4.98 Å². The van der Waals surface area contributed by atoms with Crippen LogP contribution in [0.5, 0.6) is 0 Å². The molecule has 4 rings (SSSR count). The number of rotatable bonds is 5. The lowest BCUT2D eigenvalue weighted by molar-refractivity contribution is 0.0644. The van der Waals surface area contributed by atoms with E-state index >= 15 is 0 Å². The Labute approximate surface area is 183 Å². The predicted octanol–water partition coefficient (Wildman–Crippen LogP) is 4.53. The van der Waals surface area contributed by atoms with E-state index in [4.69, 9.17) is 4.52 Å². The van der Waals surface area contributed by atoms with E-state index in [0.717, 1.165) is 55.5 Å². The molecule has 2 aromatic heterocycles. The Morgan fingerprint density at radius 2 is 1.90 bits per heavy atom. The van der Waals surface area contributed by atoms with Gasteiger partial charge in [-0.1, -0.05) is 41.9 Å². The van der Waals surface area contributed by atoms with Gasteiger partial charge in [0, 0.05) is 18.2 Å². The van der Waals surface area contributed by atoms with Crippen molar-refractivity contribution < 1.29 is 9.32 Å². The molecule has 0 saturated carbocycles. The monoisotopic (exact) mass is 428 g/mol. The number of aromatic nitrogens is 2. The van der Waals surface area contributed by atoms with Gasteiger partial charge < -0.3 is 14.7 Å². The minimum Gasteiger partial charge on any atom is -0.336 e. The van der Waals surface area contributed by atoms with E-state index in [2.05, 4.69) is 29.3 Å². The molecule has 0 unspecified atom stereocenters. The zero-order valence-electron chi connectivity index (χ0n) is 17.8. The van der Waals surface area contributed by atoms with Crippen molar-refractivity contribution in [2.75, 3.05) is 19.6 Å². The summed E-state index contributed by atoms with van der Waals surface area (Å²) in [6.45, 7) is 8.68. The molecule has 0 atom stereocenters. The SMILES string of the molecule is CCCN(C(=O)c1cc(-c2ccc(C)cc2)nc2onc(C)c12)C1CCNCC1.Cl. The highest BCUT2D eigenvalue weighted by molar-refractivity contribution is 6.07. The smallest absolute Gasteiger partial charge is 0.259 e. The highest BCUT2D eigenvalue weighted by atomic mass is 35.5. The van der Waals surface area contributed by atoms with E-state index in [9.17, 15) is 4.79 Å². The van der Waals surface area contributed by atoms with Gasteiger partial charge in [-0.2, -0.15) is 0 Å². The number of aryl methyl sites for hydroxylation is 2. The number of piperidine rings is 1. The lowest BCUT2D eigenvalue weighted by atomic mass is 10.0. The molecule has 1 aromatic carbocycles. The highest BCUT2D eigenvalue weighted by Crippen LogP contribution is 2.29. The second kappa shape index (κ2) is 9.58. The zero-order chi connectivity index (χ0) is 20.4. The van der Waals surface area contributed by atoms with Crippen molar-refractivity contribution in [1.82, 2.24) is 20.4 Å². The number of hydrogen-bond donors (Lipinski definition) is 1. The maximum absolute atomic E-state index is 13.7. The molecule has 3 aromatic rings. The highest BCUT2D eigenvalue weighted by Gasteiger charge is 2.28. The van der Waals surface area contributed by atoms with Crippen molar-refractivity contribution in [2.24, 2.45) is 0 Å². The van der Waals surface area contributed by atoms with Crippen LogP contribution in [0, 0.1) is 13.8 Å². The third kappa shape index (κ3) is 4.35. The number of amides is 1. The molecule has 160 valence electrons. The Morgan fingerprint density at radius 3 is 2.57 bits per heavy atom. The molecule has 30 heavy (non-hydrogen) atoms. The van der Waals surface area contributed by atoms with Gasteiger partial charge in [0.25, 0.3) is 11.6 Å². The number of hydrogen-bond acceptors (Lipinski definition) is 5. The molecular formula is C23H29ClN4O2. The molecule has 1 saturated heterocycles. The van der Waals surface area contributed by atoms with Crippen molar-refractivity contribution in [3.8, 4) is 11.3 Å². The zero-order valence-corrected chi connectivity index (χ0v) is 18.6. The number of carbonyl (C=O) groups excluding carboxylic acids is 1. The molecule has 0 aliphatic carbocycles. The Balaban J connectivity index is 0.00000256. The fourth-order valence-corrected chi connectivity index (χ4v) is 4.10. The molecule has 0 bridgehead atoms. The predicted molar refractivity (Wildman–Crippen MR) is 121 cm³/mol. The fourth-order valence-electron chi connectivity index (χ4n) is 4.10. The first-order chi connectivity index (χ1) is 14.1. The van der Waals surface area contributed by atoms with E-state index in [1.807, 2.05) is 42.2 Å². The van der Waals surface area contributed by atoms with Crippen LogP contribution in [0.3, 0.4) is 0 Å². The van der Waals surface area contributed by atoms with Crippen molar-refractivity contribution in [3.63, 3.8) is 0 Å². The maximum Gasteiger partial charge on any atom is 0.259 e. The summed E-state index contributed by atoms with van der Waals surface area (Å²) in [7, 11) is 0. The summed E-state index contributed by atoms with van der Waals surface area (Å²) in [6, 6.07) is 10.3. The van der Waals surface area contributed by atoms with Gasteiger partial charge in [0.2, 0.25) is 0 Å². The van der Waals surface area contributed by atoms with Crippen molar-refractivity contribution in [1.29, 1.82) is 0 Å². The van der Waals surface area contributed by atoms with Crippen LogP contribution in [0.2, 0.25) is 0 Å². The summed E-state index contributed by atoms with van der Waals surface area (Å²) in [6.07, 6.45) is 2.89. The van der Waals surface area contributed by atoms with E-state index in [0.29, 0.717) is 17.0 Å². The lowest BCUT2D eigenvalue weighted by Gasteiger charge is -2.34. The number of pyridine rings is 1. The first kappa shape index (κ1) is 22.2. The molecular weight excluding hydrogens is 400 g/mol. The number of benzene rings is 1. The van der Waals surface area contributed by atoms with E-state index < -0.39 is 0 Å². The molecule has 1 amide bonds. The van der Waals surface area contributed by atoms with Gasteiger partial charge in [-0.05, 0) is 52.3 Å². The summed E-state index contributed by atoms with van der Waals surface area (Å²) in [4.78, 5) is 20.4. The van der Waals surface area contributed by atoms with Gasteiger partial charge >= 0.3 is 0 Å². The topological polar surface area (TPSA) is 71.3 Å². The molecule has 0 radical (unpaired) electrons. The maximum atomic E-state index is 13.7. The van der Waals surface area contributed by atoms with Crippen LogP contribution in [-0.4, -0.2) is 46.6 Å². The van der Waals surface area contributed by atoms with Gasteiger partial charge in [0.1, 0.15) is 0 Å². The second-order valence-electron chi connectivity index (χ2n) is 7.85. The average molecular weight is 429 g/mol. The second-order valence-corrected chi connectivity index (χ2v) is 7.85. The standard InChI is InChI=1S/C23H28N4O2.ClH/c1-4-13-27(18-9-11-24-12-10-18)23(28)19-14-20(17-7-5-15(2)6-8-17)25-22-21(19)16(3)26-29-22;/h5-8,14,18,24H,4,9-13H2,1-3H3;1H. The molecule has 1 aliphatic rings. The molecule has 1 fully saturated rings. The number of nitrogens with zero attached hydrogens (tertiary/aromatic N) is 3.